The van der Waals surface area contributed by atoms with E-state index < -0.39 is 5.97 Å². The zero-order valence-electron chi connectivity index (χ0n) is 13.7. The van der Waals surface area contributed by atoms with Gasteiger partial charge in [0.05, 0.1) is 12.8 Å². The summed E-state index contributed by atoms with van der Waals surface area (Å²) in [7, 11) is 1.58. The lowest BCUT2D eigenvalue weighted by atomic mass is 10.1. The summed E-state index contributed by atoms with van der Waals surface area (Å²) in [5.41, 5.74) is 3.60. The third-order valence-corrected chi connectivity index (χ3v) is 4.38. The van der Waals surface area contributed by atoms with Crippen LogP contribution in [0, 0.1) is 0 Å². The topological polar surface area (TPSA) is 65.6 Å². The second kappa shape index (κ2) is 7.46. The molecule has 3 rings (SSSR count). The Hall–Kier alpha value is -2.70. The minimum Gasteiger partial charge on any atom is -0.481 e. The minimum absolute atomic E-state index is 0.0931. The Balaban J connectivity index is 1.93. The molecule has 0 aliphatic carbocycles. The van der Waals surface area contributed by atoms with Gasteiger partial charge in [0, 0.05) is 29.1 Å². The fraction of sp³-hybridized carbons (Fsp3) is 0.158. The number of hydroxylamine groups is 1. The third-order valence-electron chi connectivity index (χ3n) is 3.98. The quantitative estimate of drug-likeness (QED) is 0.519. The van der Waals surface area contributed by atoms with E-state index in [0.717, 1.165) is 27.7 Å². The van der Waals surface area contributed by atoms with Crippen LogP contribution in [-0.4, -0.2) is 28.2 Å². The highest BCUT2D eigenvalue weighted by Gasteiger charge is 2.15. The molecule has 0 aliphatic heterocycles. The highest BCUT2D eigenvalue weighted by atomic mass is 32.1. The summed E-state index contributed by atoms with van der Waals surface area (Å²) in [5.74, 6) is -0.810. The standard InChI is InChI=1S/C19H18N2O3S/c1-24-21(15-5-3-2-4-6-15)19(25)13-7-9-17-16(11-13)14(12-20-17)8-10-18(22)23/h2-7,9,11-12,20H,8,10H2,1H3,(H,22,23). The molecule has 0 saturated heterocycles. The van der Waals surface area contributed by atoms with E-state index in [4.69, 9.17) is 22.2 Å². The Labute approximate surface area is 150 Å². The van der Waals surface area contributed by atoms with Gasteiger partial charge >= 0.3 is 5.97 Å². The van der Waals surface area contributed by atoms with E-state index in [-0.39, 0.29) is 6.42 Å². The number of rotatable bonds is 6. The number of carboxylic acids is 1. The van der Waals surface area contributed by atoms with Crippen LogP contribution in [0.4, 0.5) is 5.69 Å². The summed E-state index contributed by atoms with van der Waals surface area (Å²) in [6.45, 7) is 0. The lowest BCUT2D eigenvalue weighted by Crippen LogP contribution is -2.28. The molecule has 2 N–H and O–H groups in total. The molecule has 0 spiro atoms. The molecule has 6 heteroatoms. The fourth-order valence-corrected chi connectivity index (χ4v) is 3.05. The van der Waals surface area contributed by atoms with Crippen LogP contribution in [0.25, 0.3) is 10.9 Å². The average molecular weight is 354 g/mol. The fourth-order valence-electron chi connectivity index (χ4n) is 2.75. The molecular weight excluding hydrogens is 336 g/mol. The van der Waals surface area contributed by atoms with E-state index in [1.54, 1.807) is 12.2 Å². The van der Waals surface area contributed by atoms with Gasteiger partial charge in [0.1, 0.15) is 4.99 Å². The lowest BCUT2D eigenvalue weighted by Gasteiger charge is -2.22. The van der Waals surface area contributed by atoms with Gasteiger partial charge in [0.2, 0.25) is 0 Å². The van der Waals surface area contributed by atoms with Gasteiger partial charge in [-0.05, 0) is 42.3 Å². The molecule has 0 saturated carbocycles. The third kappa shape index (κ3) is 3.70. The number of thiocarbonyl (C=S) groups is 1. The van der Waals surface area contributed by atoms with Crippen molar-refractivity contribution in [3.63, 3.8) is 0 Å². The molecule has 0 amide bonds. The minimum atomic E-state index is -0.810. The maximum absolute atomic E-state index is 10.8. The molecule has 5 nitrogen and oxygen atoms in total. The number of nitrogens with one attached hydrogen (secondary N) is 1. The van der Waals surface area contributed by atoms with Gasteiger partial charge in [-0.3, -0.25) is 9.63 Å². The van der Waals surface area contributed by atoms with E-state index in [9.17, 15) is 4.79 Å². The monoisotopic (exact) mass is 354 g/mol. The molecule has 2 aromatic carbocycles. The molecule has 0 radical (unpaired) electrons. The van der Waals surface area contributed by atoms with Gasteiger partial charge < -0.3 is 10.1 Å². The van der Waals surface area contributed by atoms with Crippen LogP contribution in [0.2, 0.25) is 0 Å². The molecule has 0 unspecified atom stereocenters. The molecule has 0 fully saturated rings. The highest BCUT2D eigenvalue weighted by Crippen LogP contribution is 2.24. The number of fused-ring (bicyclic) bond motifs is 1. The number of para-hydroxylation sites is 1. The van der Waals surface area contributed by atoms with Crippen LogP contribution in [-0.2, 0) is 16.1 Å². The molecule has 3 aromatic rings. The molecular formula is C19H18N2O3S. The van der Waals surface area contributed by atoms with Crippen molar-refractivity contribution in [2.45, 2.75) is 12.8 Å². The van der Waals surface area contributed by atoms with E-state index in [1.165, 1.54) is 0 Å². The summed E-state index contributed by atoms with van der Waals surface area (Å²) in [4.78, 5) is 20.0. The Morgan fingerprint density at radius 2 is 2.00 bits per heavy atom. The number of hydrogen-bond acceptors (Lipinski definition) is 3. The number of hydrogen-bond donors (Lipinski definition) is 2. The molecule has 1 heterocycles. The summed E-state index contributed by atoms with van der Waals surface area (Å²) in [6, 6.07) is 15.5. The summed E-state index contributed by atoms with van der Waals surface area (Å²) in [6.07, 6.45) is 2.42. The van der Waals surface area contributed by atoms with Crippen LogP contribution in [0.5, 0.6) is 0 Å². The number of carboxylic acid groups (broad SMARTS) is 1. The number of carbonyl (C=O) groups is 1. The number of nitrogens with zero attached hydrogens (tertiary/aromatic N) is 1. The van der Waals surface area contributed by atoms with Crippen LogP contribution >= 0.6 is 12.2 Å². The van der Waals surface area contributed by atoms with E-state index in [0.29, 0.717) is 11.4 Å². The number of anilines is 1. The number of aromatic amines is 1. The van der Waals surface area contributed by atoms with Crippen molar-refractivity contribution < 1.29 is 14.7 Å². The van der Waals surface area contributed by atoms with Gasteiger partial charge in [-0.2, -0.15) is 0 Å². The van der Waals surface area contributed by atoms with Gasteiger partial charge in [-0.15, -0.1) is 0 Å². The van der Waals surface area contributed by atoms with Crippen LogP contribution in [0.3, 0.4) is 0 Å². The molecule has 128 valence electrons. The normalized spacial score (nSPS) is 10.8. The molecule has 1 aromatic heterocycles. The van der Waals surface area contributed by atoms with Crippen LogP contribution in [0.15, 0.2) is 54.7 Å². The Bertz CT molecular complexity index is 905. The Morgan fingerprint density at radius 1 is 1.24 bits per heavy atom. The number of aromatic nitrogens is 1. The summed E-state index contributed by atoms with van der Waals surface area (Å²) >= 11 is 5.61. The van der Waals surface area contributed by atoms with Gasteiger partial charge in [0.15, 0.2) is 0 Å². The van der Waals surface area contributed by atoms with Crippen molar-refractivity contribution >= 4 is 39.8 Å². The first kappa shape index (κ1) is 17.1. The van der Waals surface area contributed by atoms with E-state index in [1.807, 2.05) is 54.7 Å². The van der Waals surface area contributed by atoms with Crippen LogP contribution < -0.4 is 5.06 Å². The Kier molecular flexibility index (Phi) is 5.11. The largest absolute Gasteiger partial charge is 0.481 e. The summed E-state index contributed by atoms with van der Waals surface area (Å²) in [5, 5.41) is 11.5. The predicted molar refractivity (Wildman–Crippen MR) is 102 cm³/mol. The molecule has 0 bridgehead atoms. The van der Waals surface area contributed by atoms with Crippen molar-refractivity contribution in [2.75, 3.05) is 12.2 Å². The van der Waals surface area contributed by atoms with Crippen LogP contribution in [0.1, 0.15) is 17.5 Å². The molecule has 0 aliphatic rings. The SMILES string of the molecule is CON(C(=S)c1ccc2[nH]cc(CCC(=O)O)c2c1)c1ccccc1. The van der Waals surface area contributed by atoms with Crippen molar-refractivity contribution in [1.82, 2.24) is 4.98 Å². The second-order valence-electron chi connectivity index (χ2n) is 5.59. The molecule has 0 atom stereocenters. The van der Waals surface area contributed by atoms with Crippen molar-refractivity contribution in [3.8, 4) is 0 Å². The number of H-pyrrole nitrogens is 1. The zero-order chi connectivity index (χ0) is 17.8. The lowest BCUT2D eigenvalue weighted by molar-refractivity contribution is -0.136. The maximum Gasteiger partial charge on any atom is 0.303 e. The predicted octanol–water partition coefficient (Wildman–Crippen LogP) is 3.93. The zero-order valence-corrected chi connectivity index (χ0v) is 14.5. The first-order valence-corrected chi connectivity index (χ1v) is 8.26. The maximum atomic E-state index is 10.8. The van der Waals surface area contributed by atoms with Gasteiger partial charge in [-0.1, -0.05) is 30.4 Å². The Morgan fingerprint density at radius 3 is 2.68 bits per heavy atom. The first-order chi connectivity index (χ1) is 12.1. The number of aryl methyl sites for hydroxylation is 1. The molecule has 25 heavy (non-hydrogen) atoms. The summed E-state index contributed by atoms with van der Waals surface area (Å²) < 4.78 is 0. The van der Waals surface area contributed by atoms with Crippen molar-refractivity contribution in [1.29, 1.82) is 0 Å². The number of aliphatic carboxylic acids is 1. The van der Waals surface area contributed by atoms with Crippen molar-refractivity contribution in [2.24, 2.45) is 0 Å². The average Bonchev–Trinajstić information content (AvgIpc) is 3.03. The smallest absolute Gasteiger partial charge is 0.303 e. The number of benzene rings is 2. The van der Waals surface area contributed by atoms with Gasteiger partial charge in [0.25, 0.3) is 0 Å². The second-order valence-corrected chi connectivity index (χ2v) is 5.97. The van der Waals surface area contributed by atoms with Gasteiger partial charge in [-0.25, -0.2) is 5.06 Å². The highest BCUT2D eigenvalue weighted by molar-refractivity contribution is 7.81. The van der Waals surface area contributed by atoms with E-state index in [2.05, 4.69) is 4.98 Å². The first-order valence-electron chi connectivity index (χ1n) is 7.85. The van der Waals surface area contributed by atoms with E-state index >= 15 is 0 Å². The van der Waals surface area contributed by atoms with Crippen molar-refractivity contribution in [3.05, 3.63) is 65.9 Å².